The summed E-state index contributed by atoms with van der Waals surface area (Å²) in [5.41, 5.74) is 1.14. The average Bonchev–Trinajstić information content (AvgIpc) is 2.65. The van der Waals surface area contributed by atoms with Gasteiger partial charge in [-0.3, -0.25) is 4.79 Å². The van der Waals surface area contributed by atoms with E-state index in [9.17, 15) is 4.79 Å². The fraction of sp³-hybridized carbons (Fsp3) is 0.150. The first-order valence-electron chi connectivity index (χ1n) is 7.50. The second-order valence-electron chi connectivity index (χ2n) is 5.36. The largest absolute Gasteiger partial charge is 0.497 e. The van der Waals surface area contributed by atoms with Crippen molar-refractivity contribution in [3.05, 3.63) is 65.7 Å². The van der Waals surface area contributed by atoms with Crippen LogP contribution >= 0.6 is 0 Å². The lowest BCUT2D eigenvalue weighted by Crippen LogP contribution is -2.02. The molecule has 0 saturated carbocycles. The van der Waals surface area contributed by atoms with E-state index in [4.69, 9.17) is 14.2 Å². The van der Waals surface area contributed by atoms with Gasteiger partial charge in [-0.25, -0.2) is 0 Å². The average molecular weight is 322 g/mol. The minimum atomic E-state index is -0.0788. The van der Waals surface area contributed by atoms with Crippen LogP contribution in [0, 0.1) is 0 Å². The maximum absolute atomic E-state index is 12.8. The van der Waals surface area contributed by atoms with Gasteiger partial charge in [-0.1, -0.05) is 18.2 Å². The number of hydrogen-bond acceptors (Lipinski definition) is 4. The normalized spacial score (nSPS) is 10.5. The number of carbonyl (C=O) groups excluding carboxylic acids is 1. The Morgan fingerprint density at radius 2 is 1.21 bits per heavy atom. The van der Waals surface area contributed by atoms with E-state index in [1.165, 1.54) is 0 Å². The molecule has 0 aliphatic carbocycles. The third-order valence-electron chi connectivity index (χ3n) is 3.92. The molecule has 0 aliphatic heterocycles. The molecule has 0 amide bonds. The van der Waals surface area contributed by atoms with Gasteiger partial charge < -0.3 is 14.2 Å². The molecule has 0 atom stereocenters. The number of fused-ring (bicyclic) bond motifs is 1. The number of carbonyl (C=O) groups is 1. The van der Waals surface area contributed by atoms with Crippen LogP contribution in [-0.2, 0) is 0 Å². The van der Waals surface area contributed by atoms with Gasteiger partial charge in [0.1, 0.15) is 17.2 Å². The molecule has 3 aromatic carbocycles. The molecule has 0 bridgehead atoms. The van der Waals surface area contributed by atoms with Gasteiger partial charge in [0.25, 0.3) is 0 Å². The smallest absolute Gasteiger partial charge is 0.193 e. The third-order valence-corrected chi connectivity index (χ3v) is 3.92. The van der Waals surface area contributed by atoms with Crippen molar-refractivity contribution in [1.29, 1.82) is 0 Å². The molecule has 0 aromatic heterocycles. The molecule has 0 unspecified atom stereocenters. The molecule has 122 valence electrons. The summed E-state index contributed by atoms with van der Waals surface area (Å²) < 4.78 is 15.7. The van der Waals surface area contributed by atoms with Crippen LogP contribution in [0.3, 0.4) is 0 Å². The third kappa shape index (κ3) is 3.04. The zero-order valence-electron chi connectivity index (χ0n) is 13.8. The van der Waals surface area contributed by atoms with E-state index in [0.29, 0.717) is 22.6 Å². The highest BCUT2D eigenvalue weighted by Crippen LogP contribution is 2.26. The fourth-order valence-electron chi connectivity index (χ4n) is 2.60. The predicted molar refractivity (Wildman–Crippen MR) is 93.5 cm³/mol. The second kappa shape index (κ2) is 6.62. The van der Waals surface area contributed by atoms with Crippen LogP contribution in [0.4, 0.5) is 0 Å². The Morgan fingerprint density at radius 3 is 1.83 bits per heavy atom. The number of methoxy groups -OCH3 is 3. The van der Waals surface area contributed by atoms with Crippen molar-refractivity contribution < 1.29 is 19.0 Å². The standard InChI is InChI=1S/C20H18O4/c1-22-17-7-6-13-8-15(5-4-14(13)9-17)20(21)16-10-18(23-2)12-19(11-16)24-3/h4-12H,1-3H3. The molecule has 0 heterocycles. The van der Waals surface area contributed by atoms with Gasteiger partial charge in [-0.2, -0.15) is 0 Å². The van der Waals surface area contributed by atoms with Crippen molar-refractivity contribution in [2.75, 3.05) is 21.3 Å². The van der Waals surface area contributed by atoms with E-state index >= 15 is 0 Å². The zero-order chi connectivity index (χ0) is 17.1. The predicted octanol–water partition coefficient (Wildman–Crippen LogP) is 4.10. The first kappa shape index (κ1) is 15.9. The molecule has 4 heteroatoms. The van der Waals surface area contributed by atoms with Gasteiger partial charge in [0.15, 0.2) is 5.78 Å². The number of ether oxygens (including phenoxy) is 3. The van der Waals surface area contributed by atoms with E-state index in [1.807, 2.05) is 36.4 Å². The van der Waals surface area contributed by atoms with Crippen LogP contribution in [-0.4, -0.2) is 27.1 Å². The summed E-state index contributed by atoms with van der Waals surface area (Å²) in [6, 6.07) is 16.5. The van der Waals surface area contributed by atoms with Crippen LogP contribution in [0.2, 0.25) is 0 Å². The first-order chi connectivity index (χ1) is 11.6. The fourth-order valence-corrected chi connectivity index (χ4v) is 2.60. The van der Waals surface area contributed by atoms with Crippen LogP contribution in [0.1, 0.15) is 15.9 Å². The highest BCUT2D eigenvalue weighted by atomic mass is 16.5. The highest BCUT2D eigenvalue weighted by molar-refractivity contribution is 6.11. The monoisotopic (exact) mass is 322 g/mol. The van der Waals surface area contributed by atoms with Crippen LogP contribution < -0.4 is 14.2 Å². The lowest BCUT2D eigenvalue weighted by molar-refractivity contribution is 0.103. The second-order valence-corrected chi connectivity index (χ2v) is 5.36. The molecule has 4 nitrogen and oxygen atoms in total. The minimum absolute atomic E-state index is 0.0788. The molecule has 0 aliphatic rings. The van der Waals surface area contributed by atoms with Crippen LogP contribution in [0.5, 0.6) is 17.2 Å². The Balaban J connectivity index is 2.02. The van der Waals surface area contributed by atoms with E-state index < -0.39 is 0 Å². The summed E-state index contributed by atoms with van der Waals surface area (Å²) in [4.78, 5) is 12.8. The Bertz CT molecular complexity index is 877. The topological polar surface area (TPSA) is 44.8 Å². The van der Waals surface area contributed by atoms with E-state index in [1.54, 1.807) is 39.5 Å². The van der Waals surface area contributed by atoms with Crippen molar-refractivity contribution in [1.82, 2.24) is 0 Å². The Morgan fingerprint density at radius 1 is 0.625 bits per heavy atom. The Labute approximate surface area is 140 Å². The summed E-state index contributed by atoms with van der Waals surface area (Å²) in [7, 11) is 4.76. The molecule has 0 radical (unpaired) electrons. The molecular formula is C20H18O4. The number of hydrogen-bond donors (Lipinski definition) is 0. The van der Waals surface area contributed by atoms with E-state index in [-0.39, 0.29) is 5.78 Å². The summed E-state index contributed by atoms with van der Waals surface area (Å²) in [5.74, 6) is 1.88. The maximum atomic E-state index is 12.8. The molecule has 24 heavy (non-hydrogen) atoms. The van der Waals surface area contributed by atoms with Gasteiger partial charge in [0, 0.05) is 17.2 Å². The summed E-state index contributed by atoms with van der Waals surface area (Å²) in [5, 5.41) is 2.01. The molecule has 3 rings (SSSR count). The number of benzene rings is 3. The Hall–Kier alpha value is -3.01. The molecule has 3 aromatic rings. The lowest BCUT2D eigenvalue weighted by Gasteiger charge is -2.09. The van der Waals surface area contributed by atoms with Gasteiger partial charge in [-0.15, -0.1) is 0 Å². The van der Waals surface area contributed by atoms with Crippen molar-refractivity contribution in [2.45, 2.75) is 0 Å². The minimum Gasteiger partial charge on any atom is -0.497 e. The van der Waals surface area contributed by atoms with Gasteiger partial charge in [-0.05, 0) is 41.1 Å². The number of ketones is 1. The van der Waals surface area contributed by atoms with Crippen molar-refractivity contribution in [2.24, 2.45) is 0 Å². The SMILES string of the molecule is COc1cc(OC)cc(C(=O)c2ccc3cc(OC)ccc3c2)c1. The molecule has 0 N–H and O–H groups in total. The summed E-state index contributed by atoms with van der Waals surface area (Å²) in [6.45, 7) is 0. The van der Waals surface area contributed by atoms with Gasteiger partial charge in [0.05, 0.1) is 21.3 Å². The van der Waals surface area contributed by atoms with Gasteiger partial charge >= 0.3 is 0 Å². The maximum Gasteiger partial charge on any atom is 0.193 e. The van der Waals surface area contributed by atoms with E-state index in [2.05, 4.69) is 0 Å². The Kier molecular flexibility index (Phi) is 4.38. The van der Waals surface area contributed by atoms with Crippen molar-refractivity contribution >= 4 is 16.6 Å². The van der Waals surface area contributed by atoms with Gasteiger partial charge in [0.2, 0.25) is 0 Å². The zero-order valence-corrected chi connectivity index (χ0v) is 13.8. The lowest BCUT2D eigenvalue weighted by atomic mass is 9.99. The first-order valence-corrected chi connectivity index (χ1v) is 7.50. The van der Waals surface area contributed by atoms with Crippen LogP contribution in [0.25, 0.3) is 10.8 Å². The highest BCUT2D eigenvalue weighted by Gasteiger charge is 2.13. The quantitative estimate of drug-likeness (QED) is 0.664. The molecule has 0 fully saturated rings. The van der Waals surface area contributed by atoms with Crippen LogP contribution in [0.15, 0.2) is 54.6 Å². The summed E-state index contributed by atoms with van der Waals surface area (Å²) in [6.07, 6.45) is 0. The van der Waals surface area contributed by atoms with Crippen molar-refractivity contribution in [3.63, 3.8) is 0 Å². The molecular weight excluding hydrogens is 304 g/mol. The van der Waals surface area contributed by atoms with Crippen molar-refractivity contribution in [3.8, 4) is 17.2 Å². The molecule has 0 saturated heterocycles. The van der Waals surface area contributed by atoms with E-state index in [0.717, 1.165) is 16.5 Å². The molecule has 0 spiro atoms. The number of rotatable bonds is 5. The summed E-state index contributed by atoms with van der Waals surface area (Å²) >= 11 is 0.